The molecule has 1 unspecified atom stereocenters. The highest BCUT2D eigenvalue weighted by molar-refractivity contribution is 6.37. The molecule has 9 nitrogen and oxygen atoms in total. The molecule has 1 atom stereocenters. The molecule has 0 spiro atoms. The lowest BCUT2D eigenvalue weighted by Crippen LogP contribution is -2.14. The average Bonchev–Trinajstić information content (AvgIpc) is 2.77. The Hall–Kier alpha value is -4.27. The molecule has 3 heterocycles. The van der Waals surface area contributed by atoms with E-state index in [-0.39, 0.29) is 11.8 Å². The van der Waals surface area contributed by atoms with E-state index in [2.05, 4.69) is 25.6 Å². The van der Waals surface area contributed by atoms with Gasteiger partial charge in [-0.15, -0.1) is 0 Å². The van der Waals surface area contributed by atoms with Gasteiger partial charge in [0, 0.05) is 48.6 Å². The van der Waals surface area contributed by atoms with E-state index in [9.17, 15) is 0 Å². The molecule has 2 aromatic heterocycles. The van der Waals surface area contributed by atoms with Crippen LogP contribution in [0.15, 0.2) is 70.9 Å². The summed E-state index contributed by atoms with van der Waals surface area (Å²) in [5.74, 6) is 0.921. The summed E-state index contributed by atoms with van der Waals surface area (Å²) in [5, 5.41) is 22.3. The number of pyridine rings is 2. The largest absolute Gasteiger partial charge is 0.404 e. The Bertz CT molecular complexity index is 1170. The second kappa shape index (κ2) is 9.49. The number of nitrogens with two attached hydrogens (primary N) is 2. The first kappa shape index (κ1) is 21.4. The van der Waals surface area contributed by atoms with Crippen LogP contribution in [0.5, 0.6) is 0 Å². The van der Waals surface area contributed by atoms with E-state index in [4.69, 9.17) is 22.3 Å². The van der Waals surface area contributed by atoms with Gasteiger partial charge in [-0.3, -0.25) is 15.4 Å². The zero-order valence-corrected chi connectivity index (χ0v) is 17.3. The van der Waals surface area contributed by atoms with Crippen molar-refractivity contribution in [2.45, 2.75) is 13.0 Å². The second-order valence-electron chi connectivity index (χ2n) is 6.81. The maximum atomic E-state index is 8.78. The van der Waals surface area contributed by atoms with Gasteiger partial charge in [-0.1, -0.05) is 0 Å². The fraction of sp³-hybridized carbons (Fsp3) is 0.136. The highest BCUT2D eigenvalue weighted by atomic mass is 15.1. The molecule has 0 saturated carbocycles. The SMILES string of the molecule is CN/C=C1\C(=N)C(=C/C=N)/C=N/C(C)C(=C/N)/C=C(\N)Nc2ccc3ncc1cc3n2. The lowest BCUT2D eigenvalue weighted by Gasteiger charge is -2.12. The van der Waals surface area contributed by atoms with E-state index >= 15 is 0 Å². The molecule has 8 N–H and O–H groups in total. The van der Waals surface area contributed by atoms with Gasteiger partial charge in [-0.2, -0.15) is 0 Å². The Morgan fingerprint density at radius 2 is 2.06 bits per heavy atom. The number of anilines is 1. The molecule has 2 aromatic rings. The van der Waals surface area contributed by atoms with Gasteiger partial charge in [-0.05, 0) is 49.0 Å². The standard InChI is InChI=1S/C22H25N9/c1-13-15(9-24)8-20(25)31-21-4-3-18-19(30-21)7-16(11-29-18)17(12-27-2)22(26)14(5-6-23)10-28-13/h3-13,23,26-27H,24-25H2,1-2H3,(H,30,31)/b14-5+,15-9+,17-12-,20-8+,23-6?,26-22?,28-10+. The quantitative estimate of drug-likeness (QED) is 0.412. The molecule has 1 aliphatic heterocycles. The first-order chi connectivity index (χ1) is 15.0. The lowest BCUT2D eigenvalue weighted by molar-refractivity contribution is 0.884. The van der Waals surface area contributed by atoms with Crippen molar-refractivity contribution in [3.63, 3.8) is 0 Å². The number of fused-ring (bicyclic) bond motifs is 2. The third-order valence-electron chi connectivity index (χ3n) is 4.66. The van der Waals surface area contributed by atoms with Crippen LogP contribution in [-0.4, -0.2) is 41.2 Å². The van der Waals surface area contributed by atoms with Gasteiger partial charge in [0.1, 0.15) is 11.6 Å². The number of hydrogen-bond donors (Lipinski definition) is 6. The van der Waals surface area contributed by atoms with Gasteiger partial charge < -0.3 is 27.5 Å². The van der Waals surface area contributed by atoms with Crippen molar-refractivity contribution in [3.05, 3.63) is 71.5 Å². The Kier molecular flexibility index (Phi) is 6.56. The van der Waals surface area contributed by atoms with Crippen LogP contribution in [0.3, 0.4) is 0 Å². The van der Waals surface area contributed by atoms with Crippen LogP contribution in [0, 0.1) is 10.8 Å². The van der Waals surface area contributed by atoms with Gasteiger partial charge >= 0.3 is 0 Å². The number of rotatable bonds is 2. The normalized spacial score (nSPS) is 23.9. The monoisotopic (exact) mass is 415 g/mol. The van der Waals surface area contributed by atoms with Crippen molar-refractivity contribution >= 4 is 40.6 Å². The minimum atomic E-state index is -0.327. The van der Waals surface area contributed by atoms with E-state index in [0.29, 0.717) is 45.0 Å². The number of aliphatic imine (C=N–C) groups is 1. The van der Waals surface area contributed by atoms with Gasteiger partial charge in [-0.25, -0.2) is 4.98 Å². The van der Waals surface area contributed by atoms with Gasteiger partial charge in [0.25, 0.3) is 0 Å². The van der Waals surface area contributed by atoms with Crippen molar-refractivity contribution in [1.29, 1.82) is 10.8 Å². The van der Waals surface area contributed by atoms with Gasteiger partial charge in [0.05, 0.1) is 22.8 Å². The predicted molar refractivity (Wildman–Crippen MR) is 127 cm³/mol. The summed E-state index contributed by atoms with van der Waals surface area (Å²) in [7, 11) is 1.76. The summed E-state index contributed by atoms with van der Waals surface area (Å²) in [6.45, 7) is 1.87. The molecule has 0 saturated heterocycles. The fourth-order valence-corrected chi connectivity index (χ4v) is 3.05. The Morgan fingerprint density at radius 3 is 2.77 bits per heavy atom. The molecule has 0 amide bonds. The van der Waals surface area contributed by atoms with E-state index in [1.807, 2.05) is 19.1 Å². The average molecular weight is 416 g/mol. The maximum Gasteiger partial charge on any atom is 0.132 e. The first-order valence-electron chi connectivity index (χ1n) is 9.60. The van der Waals surface area contributed by atoms with E-state index in [1.54, 1.807) is 37.8 Å². The number of hydrogen-bond acceptors (Lipinski definition) is 9. The summed E-state index contributed by atoms with van der Waals surface area (Å²) in [6.07, 6.45) is 10.7. The highest BCUT2D eigenvalue weighted by Gasteiger charge is 2.15. The fourth-order valence-electron chi connectivity index (χ4n) is 3.05. The molecule has 0 aromatic carbocycles. The Balaban J connectivity index is 2.26. The Morgan fingerprint density at radius 1 is 1.26 bits per heavy atom. The maximum absolute atomic E-state index is 8.78. The van der Waals surface area contributed by atoms with E-state index in [0.717, 1.165) is 6.21 Å². The molecule has 9 heteroatoms. The van der Waals surface area contributed by atoms with E-state index in [1.165, 1.54) is 12.3 Å². The van der Waals surface area contributed by atoms with Crippen LogP contribution in [0.1, 0.15) is 12.5 Å². The van der Waals surface area contributed by atoms with Crippen molar-refractivity contribution in [3.8, 4) is 0 Å². The zero-order valence-electron chi connectivity index (χ0n) is 17.3. The molecule has 158 valence electrons. The molecule has 31 heavy (non-hydrogen) atoms. The van der Waals surface area contributed by atoms with Gasteiger partial charge in [0.2, 0.25) is 0 Å². The summed E-state index contributed by atoms with van der Waals surface area (Å²) < 4.78 is 0. The van der Waals surface area contributed by atoms with Gasteiger partial charge in [0.15, 0.2) is 0 Å². The van der Waals surface area contributed by atoms with Crippen LogP contribution in [-0.2, 0) is 0 Å². The van der Waals surface area contributed by atoms with Crippen LogP contribution in [0.25, 0.3) is 16.6 Å². The van der Waals surface area contributed by atoms with Crippen LogP contribution in [0.2, 0.25) is 0 Å². The van der Waals surface area contributed by atoms with Crippen LogP contribution in [0.4, 0.5) is 5.82 Å². The molecule has 1 aliphatic rings. The van der Waals surface area contributed by atoms with Crippen molar-refractivity contribution in [1.82, 2.24) is 15.3 Å². The molecule has 3 rings (SSSR count). The molecular formula is C22H25N9. The number of aromatic nitrogens is 2. The molecular weight excluding hydrogens is 390 g/mol. The third-order valence-corrected chi connectivity index (χ3v) is 4.66. The Labute approximate surface area is 180 Å². The predicted octanol–water partition coefficient (Wildman–Crippen LogP) is 2.31. The van der Waals surface area contributed by atoms with Crippen molar-refractivity contribution in [2.24, 2.45) is 16.5 Å². The second-order valence-corrected chi connectivity index (χ2v) is 6.81. The topological polar surface area (TPSA) is 162 Å². The lowest BCUT2D eigenvalue weighted by atomic mass is 9.97. The van der Waals surface area contributed by atoms with E-state index < -0.39 is 0 Å². The summed E-state index contributed by atoms with van der Waals surface area (Å²) in [5.41, 5.74) is 15.9. The number of nitrogens with zero attached hydrogens (tertiary/aromatic N) is 3. The summed E-state index contributed by atoms with van der Waals surface area (Å²) in [4.78, 5) is 13.6. The number of nitrogens with one attached hydrogen (secondary N) is 4. The third kappa shape index (κ3) is 4.84. The molecule has 0 aliphatic carbocycles. The van der Waals surface area contributed by atoms with Crippen LogP contribution < -0.4 is 22.1 Å². The van der Waals surface area contributed by atoms with Crippen molar-refractivity contribution < 1.29 is 0 Å². The number of allylic oxidation sites excluding steroid dienone is 3. The highest BCUT2D eigenvalue weighted by Crippen LogP contribution is 2.23. The molecule has 0 radical (unpaired) electrons. The first-order valence-corrected chi connectivity index (χ1v) is 9.60. The molecule has 0 fully saturated rings. The summed E-state index contributed by atoms with van der Waals surface area (Å²) in [6, 6.07) is 5.17. The molecule has 3 bridgehead atoms. The smallest absolute Gasteiger partial charge is 0.132 e. The minimum Gasteiger partial charge on any atom is -0.404 e. The summed E-state index contributed by atoms with van der Waals surface area (Å²) >= 11 is 0. The minimum absolute atomic E-state index is 0.187. The zero-order chi connectivity index (χ0) is 22.4. The van der Waals surface area contributed by atoms with Crippen LogP contribution >= 0.6 is 0 Å². The van der Waals surface area contributed by atoms with Crippen molar-refractivity contribution in [2.75, 3.05) is 12.4 Å².